The number of aryl methyl sites for hydroxylation is 1. The SMILES string of the molecule is COc1cc(C2(NC(=O)c3cc(OCC4CCCN4C(=O)OC(C)(C)C)ccc3C)CC2)c2cccnc2c1. The Labute approximate surface area is 229 Å². The minimum atomic E-state index is -0.545. The van der Waals surface area contributed by atoms with Crippen molar-refractivity contribution in [2.45, 2.75) is 70.6 Å². The van der Waals surface area contributed by atoms with Crippen molar-refractivity contribution in [2.24, 2.45) is 0 Å². The molecule has 1 saturated carbocycles. The molecule has 1 saturated heterocycles. The molecule has 2 amide bonds. The molecule has 1 unspecified atom stereocenters. The van der Waals surface area contributed by atoms with Crippen molar-refractivity contribution >= 4 is 22.9 Å². The highest BCUT2D eigenvalue weighted by Crippen LogP contribution is 2.49. The summed E-state index contributed by atoms with van der Waals surface area (Å²) >= 11 is 0. The van der Waals surface area contributed by atoms with Gasteiger partial charge in [0.15, 0.2) is 0 Å². The van der Waals surface area contributed by atoms with Gasteiger partial charge >= 0.3 is 6.09 Å². The number of aromatic nitrogens is 1. The number of fused-ring (bicyclic) bond motifs is 1. The lowest BCUT2D eigenvalue weighted by atomic mass is 9.97. The first-order chi connectivity index (χ1) is 18.6. The smallest absolute Gasteiger partial charge is 0.410 e. The van der Waals surface area contributed by atoms with Gasteiger partial charge < -0.3 is 24.4 Å². The quantitative estimate of drug-likeness (QED) is 0.418. The maximum absolute atomic E-state index is 13.6. The molecule has 1 atom stereocenters. The number of nitrogens with zero attached hydrogens (tertiary/aromatic N) is 2. The maximum Gasteiger partial charge on any atom is 0.410 e. The van der Waals surface area contributed by atoms with Crippen LogP contribution in [0.15, 0.2) is 48.7 Å². The lowest BCUT2D eigenvalue weighted by Crippen LogP contribution is -2.42. The van der Waals surface area contributed by atoms with E-state index >= 15 is 0 Å². The average Bonchev–Trinajstić information content (AvgIpc) is 3.51. The second-order valence-corrected chi connectivity index (χ2v) is 11.5. The first-order valence-electron chi connectivity index (χ1n) is 13.6. The number of methoxy groups -OCH3 is 1. The van der Waals surface area contributed by atoms with Crippen molar-refractivity contribution < 1.29 is 23.8 Å². The van der Waals surface area contributed by atoms with E-state index in [0.29, 0.717) is 24.5 Å². The number of carbonyl (C=O) groups excluding carboxylic acids is 2. The number of benzene rings is 2. The van der Waals surface area contributed by atoms with Crippen molar-refractivity contribution in [1.29, 1.82) is 0 Å². The third-order valence-corrected chi connectivity index (χ3v) is 7.45. The fourth-order valence-electron chi connectivity index (χ4n) is 5.24. The van der Waals surface area contributed by atoms with Gasteiger partial charge in [-0.05, 0) is 88.8 Å². The first kappa shape index (κ1) is 26.8. The summed E-state index contributed by atoms with van der Waals surface area (Å²) in [5.74, 6) is 1.17. The van der Waals surface area contributed by atoms with Gasteiger partial charge in [-0.2, -0.15) is 0 Å². The van der Waals surface area contributed by atoms with Crippen LogP contribution in [0.1, 0.15) is 67.9 Å². The van der Waals surface area contributed by atoms with Crippen LogP contribution in [0, 0.1) is 6.92 Å². The molecule has 0 spiro atoms. The molecule has 1 aromatic heterocycles. The summed E-state index contributed by atoms with van der Waals surface area (Å²) in [6.45, 7) is 8.52. The highest BCUT2D eigenvalue weighted by atomic mass is 16.6. The molecular weight excluding hydrogens is 494 g/mol. The van der Waals surface area contributed by atoms with Crippen molar-refractivity contribution in [1.82, 2.24) is 15.2 Å². The molecule has 0 radical (unpaired) electrons. The number of hydrogen-bond acceptors (Lipinski definition) is 6. The lowest BCUT2D eigenvalue weighted by molar-refractivity contribution is 0.0187. The summed E-state index contributed by atoms with van der Waals surface area (Å²) in [7, 11) is 1.64. The van der Waals surface area contributed by atoms with Crippen molar-refractivity contribution in [3.63, 3.8) is 0 Å². The summed E-state index contributed by atoms with van der Waals surface area (Å²) in [5.41, 5.74) is 2.28. The van der Waals surface area contributed by atoms with E-state index in [0.717, 1.165) is 53.5 Å². The average molecular weight is 532 g/mol. The van der Waals surface area contributed by atoms with Crippen molar-refractivity contribution in [2.75, 3.05) is 20.3 Å². The van der Waals surface area contributed by atoms with Gasteiger partial charge in [0.05, 0.1) is 24.2 Å². The standard InChI is InChI=1S/C31H37N3O5/c1-20-10-11-22(38-19-21-8-7-15-34(21)29(36)39-30(2,3)4)16-25(20)28(35)33-31(12-13-31)26-17-23(37-5)18-27-24(26)9-6-14-32-27/h6,9-11,14,16-18,21H,7-8,12-13,15,19H2,1-5H3,(H,33,35). The molecule has 8 heteroatoms. The van der Waals surface area contributed by atoms with Crippen LogP contribution >= 0.6 is 0 Å². The summed E-state index contributed by atoms with van der Waals surface area (Å²) in [6.07, 6.45) is 4.89. The number of nitrogens with one attached hydrogen (secondary N) is 1. The lowest BCUT2D eigenvalue weighted by Gasteiger charge is -2.28. The number of carbonyl (C=O) groups is 2. The molecule has 5 rings (SSSR count). The minimum absolute atomic E-state index is 0.0666. The van der Waals surface area contributed by atoms with E-state index in [9.17, 15) is 9.59 Å². The Kier molecular flexibility index (Phi) is 7.14. The zero-order valence-electron chi connectivity index (χ0n) is 23.4. The van der Waals surface area contributed by atoms with Crippen molar-refractivity contribution in [3.8, 4) is 11.5 Å². The fraction of sp³-hybridized carbons (Fsp3) is 0.452. The summed E-state index contributed by atoms with van der Waals surface area (Å²) in [6, 6.07) is 13.4. The molecule has 8 nitrogen and oxygen atoms in total. The highest BCUT2D eigenvalue weighted by Gasteiger charge is 2.47. The van der Waals surface area contributed by atoms with E-state index in [2.05, 4.69) is 10.3 Å². The Morgan fingerprint density at radius 1 is 1.13 bits per heavy atom. The van der Waals surface area contributed by atoms with Crippen LogP contribution in [0.25, 0.3) is 10.9 Å². The van der Waals surface area contributed by atoms with Gasteiger partial charge in [0.25, 0.3) is 5.91 Å². The molecule has 39 heavy (non-hydrogen) atoms. The summed E-state index contributed by atoms with van der Waals surface area (Å²) < 4.78 is 17.2. The maximum atomic E-state index is 13.6. The van der Waals surface area contributed by atoms with Gasteiger partial charge in [0.2, 0.25) is 0 Å². The van der Waals surface area contributed by atoms with Crippen LogP contribution in [-0.2, 0) is 10.3 Å². The van der Waals surface area contributed by atoms with Crippen LogP contribution in [0.2, 0.25) is 0 Å². The molecule has 1 aliphatic carbocycles. The van der Waals surface area contributed by atoms with Crippen LogP contribution < -0.4 is 14.8 Å². The van der Waals surface area contributed by atoms with Crippen LogP contribution in [0.4, 0.5) is 4.79 Å². The topological polar surface area (TPSA) is 90.0 Å². The predicted octanol–water partition coefficient (Wildman–Crippen LogP) is 5.75. The van der Waals surface area contributed by atoms with E-state index < -0.39 is 11.1 Å². The predicted molar refractivity (Wildman–Crippen MR) is 149 cm³/mol. The van der Waals surface area contributed by atoms with Crippen LogP contribution in [-0.4, -0.2) is 53.8 Å². The van der Waals surface area contributed by atoms with E-state index in [1.165, 1.54) is 0 Å². The molecule has 1 aliphatic heterocycles. The summed E-state index contributed by atoms with van der Waals surface area (Å²) in [5, 5.41) is 4.32. The highest BCUT2D eigenvalue weighted by molar-refractivity contribution is 5.97. The van der Waals surface area contributed by atoms with Gasteiger partial charge in [-0.1, -0.05) is 12.1 Å². The second kappa shape index (κ2) is 10.4. The molecule has 2 heterocycles. The van der Waals surface area contributed by atoms with Gasteiger partial charge in [-0.25, -0.2) is 4.79 Å². The van der Waals surface area contributed by atoms with Gasteiger partial charge in [0.1, 0.15) is 23.7 Å². The monoisotopic (exact) mass is 531 g/mol. The third kappa shape index (κ3) is 5.79. The van der Waals surface area contributed by atoms with Gasteiger partial charge in [-0.15, -0.1) is 0 Å². The fourth-order valence-corrected chi connectivity index (χ4v) is 5.24. The molecule has 3 aromatic rings. The molecule has 206 valence electrons. The number of amides is 2. The van der Waals surface area contributed by atoms with E-state index in [4.69, 9.17) is 14.2 Å². The molecule has 1 N–H and O–H groups in total. The zero-order valence-corrected chi connectivity index (χ0v) is 23.4. The normalized spacial score (nSPS) is 18.1. The summed E-state index contributed by atoms with van der Waals surface area (Å²) in [4.78, 5) is 32.5. The Morgan fingerprint density at radius 2 is 1.92 bits per heavy atom. The largest absolute Gasteiger partial charge is 0.497 e. The van der Waals surface area contributed by atoms with Crippen molar-refractivity contribution in [3.05, 3.63) is 65.4 Å². The number of hydrogen-bond donors (Lipinski definition) is 1. The van der Waals surface area contributed by atoms with Gasteiger partial charge in [0, 0.05) is 29.8 Å². The number of ether oxygens (including phenoxy) is 3. The Morgan fingerprint density at radius 3 is 2.64 bits per heavy atom. The molecule has 2 aliphatic rings. The van der Waals surface area contributed by atoms with Crippen LogP contribution in [0.5, 0.6) is 11.5 Å². The third-order valence-electron chi connectivity index (χ3n) is 7.45. The minimum Gasteiger partial charge on any atom is -0.497 e. The molecule has 2 fully saturated rings. The number of likely N-dealkylation sites (tertiary alicyclic amines) is 1. The molecular formula is C31H37N3O5. The van der Waals surface area contributed by atoms with E-state index in [-0.39, 0.29) is 18.0 Å². The van der Waals surface area contributed by atoms with Gasteiger partial charge in [-0.3, -0.25) is 9.78 Å². The van der Waals surface area contributed by atoms with E-state index in [1.54, 1.807) is 24.3 Å². The van der Waals surface area contributed by atoms with Crippen LogP contribution in [0.3, 0.4) is 0 Å². The molecule has 0 bridgehead atoms. The Balaban J connectivity index is 1.31. The number of rotatable bonds is 7. The Hall–Kier alpha value is -3.81. The second-order valence-electron chi connectivity index (χ2n) is 11.5. The number of pyridine rings is 1. The molecule has 2 aromatic carbocycles. The first-order valence-corrected chi connectivity index (χ1v) is 13.6. The zero-order chi connectivity index (χ0) is 27.8. The Bertz CT molecular complexity index is 1390. The van der Waals surface area contributed by atoms with E-state index in [1.807, 2.05) is 64.1 Å².